The summed E-state index contributed by atoms with van der Waals surface area (Å²) in [7, 11) is 1.77. The van der Waals surface area contributed by atoms with Crippen molar-refractivity contribution in [2.24, 2.45) is 4.99 Å². The van der Waals surface area contributed by atoms with Gasteiger partial charge in [0.05, 0.1) is 6.61 Å². The molecule has 29 heavy (non-hydrogen) atoms. The van der Waals surface area contributed by atoms with Crippen LogP contribution < -0.4 is 10.6 Å². The quantitative estimate of drug-likeness (QED) is 0.311. The third-order valence-corrected chi connectivity index (χ3v) is 5.24. The third kappa shape index (κ3) is 6.40. The molecule has 1 aromatic heterocycles. The minimum atomic E-state index is -0.220. The molecule has 160 valence electrons. The lowest BCUT2D eigenvalue weighted by Crippen LogP contribution is -2.50. The molecule has 3 N–H and O–H groups in total. The first-order valence-corrected chi connectivity index (χ1v) is 10.1. The van der Waals surface area contributed by atoms with Crippen LogP contribution in [0.15, 0.2) is 29.4 Å². The van der Waals surface area contributed by atoms with Gasteiger partial charge in [0, 0.05) is 54.8 Å². The van der Waals surface area contributed by atoms with Crippen LogP contribution in [0.25, 0.3) is 10.9 Å². The van der Waals surface area contributed by atoms with Gasteiger partial charge in [-0.25, -0.2) is 4.79 Å². The molecule has 9 heteroatoms. The normalized spacial score (nSPS) is 15.1. The zero-order valence-corrected chi connectivity index (χ0v) is 19.9. The van der Waals surface area contributed by atoms with Gasteiger partial charge in [0.25, 0.3) is 0 Å². The van der Waals surface area contributed by atoms with E-state index in [9.17, 15) is 4.79 Å². The summed E-state index contributed by atoms with van der Waals surface area (Å²) in [6.45, 7) is 4.40. The molecule has 0 aliphatic carbocycles. The lowest BCUT2D eigenvalue weighted by molar-refractivity contribution is 0.0963. The van der Waals surface area contributed by atoms with Crippen molar-refractivity contribution in [3.05, 3.63) is 35.0 Å². The molecule has 2 heterocycles. The molecular formula is C20H29ClIN5O2. The fraction of sp³-hybridized carbons (Fsp3) is 0.500. The number of halogens is 2. The highest BCUT2D eigenvalue weighted by Gasteiger charge is 2.24. The molecule has 1 amide bonds. The van der Waals surface area contributed by atoms with E-state index in [0.717, 1.165) is 47.7 Å². The minimum absolute atomic E-state index is 0. The van der Waals surface area contributed by atoms with E-state index in [2.05, 4.69) is 20.6 Å². The second-order valence-electron chi connectivity index (χ2n) is 6.86. The number of ether oxygens (including phenoxy) is 1. The monoisotopic (exact) mass is 533 g/mol. The predicted octanol–water partition coefficient (Wildman–Crippen LogP) is 3.77. The second kappa shape index (κ2) is 11.5. The number of rotatable bonds is 5. The van der Waals surface area contributed by atoms with E-state index in [1.807, 2.05) is 31.3 Å². The molecule has 1 fully saturated rings. The topological polar surface area (TPSA) is 81.8 Å². The summed E-state index contributed by atoms with van der Waals surface area (Å²) in [4.78, 5) is 21.2. The maximum atomic E-state index is 11.8. The average Bonchev–Trinajstić information content (AvgIpc) is 3.10. The van der Waals surface area contributed by atoms with Crippen molar-refractivity contribution in [1.82, 2.24) is 20.5 Å². The van der Waals surface area contributed by atoms with E-state index >= 15 is 0 Å². The highest BCUT2D eigenvalue weighted by Crippen LogP contribution is 2.22. The summed E-state index contributed by atoms with van der Waals surface area (Å²) in [5, 5.41) is 8.73. The van der Waals surface area contributed by atoms with E-state index in [1.165, 1.54) is 5.56 Å². The Morgan fingerprint density at radius 2 is 2.14 bits per heavy atom. The van der Waals surface area contributed by atoms with Gasteiger partial charge >= 0.3 is 6.09 Å². The second-order valence-corrected chi connectivity index (χ2v) is 7.29. The van der Waals surface area contributed by atoms with Crippen molar-refractivity contribution in [3.8, 4) is 0 Å². The largest absolute Gasteiger partial charge is 0.450 e. The van der Waals surface area contributed by atoms with Crippen molar-refractivity contribution in [2.75, 3.05) is 33.3 Å². The number of likely N-dealkylation sites (tertiary alicyclic amines) is 1. The Labute approximate surface area is 193 Å². The van der Waals surface area contributed by atoms with Crippen LogP contribution in [0.2, 0.25) is 5.02 Å². The zero-order valence-electron chi connectivity index (χ0n) is 16.8. The van der Waals surface area contributed by atoms with Crippen molar-refractivity contribution >= 4 is 58.5 Å². The molecule has 3 rings (SSSR count). The number of H-pyrrole nitrogens is 1. The van der Waals surface area contributed by atoms with Crippen molar-refractivity contribution in [2.45, 2.75) is 32.2 Å². The van der Waals surface area contributed by atoms with Gasteiger partial charge in [-0.2, -0.15) is 0 Å². The molecule has 1 aliphatic heterocycles. The van der Waals surface area contributed by atoms with Crippen molar-refractivity contribution in [3.63, 3.8) is 0 Å². The lowest BCUT2D eigenvalue weighted by Gasteiger charge is -2.32. The number of hydrogen-bond acceptors (Lipinski definition) is 3. The van der Waals surface area contributed by atoms with Gasteiger partial charge in [-0.05, 0) is 49.9 Å². The summed E-state index contributed by atoms with van der Waals surface area (Å²) in [5.74, 6) is 0.785. The number of piperidine rings is 1. The third-order valence-electron chi connectivity index (χ3n) is 5.00. The standard InChI is InChI=1S/C20H28ClN5O2.HI/c1-3-28-20(27)26-10-7-16(8-11-26)25-19(22-2)23-9-6-14-13-24-18-5-4-15(21)12-17(14)18;/h4-5,12-13,16,24H,3,6-11H2,1-2H3,(H2,22,23,25);1H. The molecule has 1 aliphatic rings. The highest BCUT2D eigenvalue weighted by molar-refractivity contribution is 14.0. The van der Waals surface area contributed by atoms with Gasteiger partial charge in [0.1, 0.15) is 0 Å². The first-order chi connectivity index (χ1) is 13.6. The van der Waals surface area contributed by atoms with Crippen molar-refractivity contribution in [1.29, 1.82) is 0 Å². The van der Waals surface area contributed by atoms with E-state index in [-0.39, 0.29) is 30.1 Å². The number of nitrogens with one attached hydrogen (secondary N) is 3. The molecule has 1 aromatic carbocycles. The summed E-state index contributed by atoms with van der Waals surface area (Å²) < 4.78 is 5.06. The number of carbonyl (C=O) groups excluding carboxylic acids is 1. The summed E-state index contributed by atoms with van der Waals surface area (Å²) in [6, 6.07) is 6.18. The van der Waals surface area contributed by atoms with Crippen LogP contribution in [0.5, 0.6) is 0 Å². The Bertz CT molecular complexity index is 833. The summed E-state index contributed by atoms with van der Waals surface area (Å²) in [5.41, 5.74) is 2.32. The number of aliphatic imine (C=N–C) groups is 1. The fourth-order valence-electron chi connectivity index (χ4n) is 3.48. The number of nitrogens with zero attached hydrogens (tertiary/aromatic N) is 2. The Kier molecular flexibility index (Phi) is 9.35. The van der Waals surface area contributed by atoms with E-state index < -0.39 is 0 Å². The van der Waals surface area contributed by atoms with Crippen LogP contribution in [0.3, 0.4) is 0 Å². The molecule has 0 spiro atoms. The van der Waals surface area contributed by atoms with Gasteiger partial charge in [-0.1, -0.05) is 11.6 Å². The van der Waals surface area contributed by atoms with Gasteiger partial charge < -0.3 is 25.3 Å². The van der Waals surface area contributed by atoms with Crippen LogP contribution >= 0.6 is 35.6 Å². The first-order valence-electron chi connectivity index (χ1n) is 9.75. The molecule has 2 aromatic rings. The van der Waals surface area contributed by atoms with E-state index in [1.54, 1.807) is 11.9 Å². The number of amides is 1. The van der Waals surface area contributed by atoms with Gasteiger partial charge in [0.2, 0.25) is 0 Å². The SMILES string of the molecule is CCOC(=O)N1CCC(NC(=NC)NCCc2c[nH]c3ccc(Cl)cc23)CC1.I. The number of carbonyl (C=O) groups is 1. The van der Waals surface area contributed by atoms with Crippen LogP contribution in [0.1, 0.15) is 25.3 Å². The molecule has 0 radical (unpaired) electrons. The maximum Gasteiger partial charge on any atom is 0.409 e. The number of aromatic amines is 1. The number of guanidine groups is 1. The van der Waals surface area contributed by atoms with Crippen LogP contribution in [0, 0.1) is 0 Å². The molecule has 0 atom stereocenters. The molecule has 0 bridgehead atoms. The zero-order chi connectivity index (χ0) is 19.9. The van der Waals surface area contributed by atoms with Crippen molar-refractivity contribution < 1.29 is 9.53 Å². The highest BCUT2D eigenvalue weighted by atomic mass is 127. The maximum absolute atomic E-state index is 11.8. The average molecular weight is 534 g/mol. The predicted molar refractivity (Wildman–Crippen MR) is 129 cm³/mol. The Balaban J connectivity index is 0.00000300. The van der Waals surface area contributed by atoms with E-state index in [4.69, 9.17) is 16.3 Å². The van der Waals surface area contributed by atoms with Gasteiger partial charge in [0.15, 0.2) is 5.96 Å². The van der Waals surface area contributed by atoms with Crippen LogP contribution in [0.4, 0.5) is 4.79 Å². The minimum Gasteiger partial charge on any atom is -0.450 e. The summed E-state index contributed by atoms with van der Waals surface area (Å²) in [6.07, 6.45) is 4.43. The Morgan fingerprint density at radius 3 is 2.83 bits per heavy atom. The smallest absolute Gasteiger partial charge is 0.409 e. The van der Waals surface area contributed by atoms with Gasteiger partial charge in [-0.3, -0.25) is 4.99 Å². The first kappa shape index (κ1) is 23.6. The lowest BCUT2D eigenvalue weighted by atomic mass is 10.1. The fourth-order valence-corrected chi connectivity index (χ4v) is 3.65. The van der Waals surface area contributed by atoms with E-state index in [0.29, 0.717) is 25.7 Å². The summed E-state index contributed by atoms with van der Waals surface area (Å²) >= 11 is 6.12. The number of fused-ring (bicyclic) bond motifs is 1. The Morgan fingerprint density at radius 1 is 1.38 bits per heavy atom. The number of aromatic nitrogens is 1. The number of hydrogen-bond donors (Lipinski definition) is 3. The van der Waals surface area contributed by atoms with Crippen LogP contribution in [-0.4, -0.2) is 61.3 Å². The van der Waals surface area contributed by atoms with Gasteiger partial charge in [-0.15, -0.1) is 24.0 Å². The number of benzene rings is 1. The van der Waals surface area contributed by atoms with Crippen LogP contribution in [-0.2, 0) is 11.2 Å². The molecular weight excluding hydrogens is 505 g/mol. The molecule has 0 unspecified atom stereocenters. The molecule has 0 saturated carbocycles. The molecule has 1 saturated heterocycles. The molecule has 7 nitrogen and oxygen atoms in total. The Hall–Kier alpha value is -1.68.